The number of pyridine rings is 1. The van der Waals surface area contributed by atoms with Crippen LogP contribution in [0.4, 0.5) is 5.82 Å². The molecule has 1 aromatic heterocycles. The van der Waals surface area contributed by atoms with Gasteiger partial charge in [0.15, 0.2) is 0 Å². The normalized spacial score (nSPS) is 20.4. The lowest BCUT2D eigenvalue weighted by Crippen LogP contribution is -2.50. The maximum atomic E-state index is 13.0. The number of benzene rings is 2. The molecule has 7 nitrogen and oxygen atoms in total. The molecule has 192 valence electrons. The highest BCUT2D eigenvalue weighted by atomic mass is 79.9. The number of methoxy groups -OCH3 is 1. The van der Waals surface area contributed by atoms with Crippen LogP contribution in [0.3, 0.4) is 0 Å². The molecule has 2 amide bonds. The van der Waals surface area contributed by atoms with Crippen molar-refractivity contribution in [1.29, 1.82) is 0 Å². The monoisotopic (exact) mass is 562 g/mol. The number of aromatic nitrogens is 1. The Hall–Kier alpha value is -3.39. The Kier molecular flexibility index (Phi) is 7.46. The van der Waals surface area contributed by atoms with Gasteiger partial charge < -0.3 is 20.3 Å². The molecule has 2 aromatic carbocycles. The number of hydrogen-bond donors (Lipinski definition) is 2. The van der Waals surface area contributed by atoms with Gasteiger partial charge in [0, 0.05) is 46.5 Å². The number of hydrogen-bond acceptors (Lipinski definition) is 5. The summed E-state index contributed by atoms with van der Waals surface area (Å²) in [7, 11) is 1.62. The topological polar surface area (TPSA) is 83.6 Å². The van der Waals surface area contributed by atoms with Crippen molar-refractivity contribution in [1.82, 2.24) is 15.6 Å². The highest BCUT2D eigenvalue weighted by Gasteiger charge is 2.42. The van der Waals surface area contributed by atoms with Crippen LogP contribution in [0.2, 0.25) is 0 Å². The molecule has 0 aliphatic carbocycles. The molecule has 0 radical (unpaired) electrons. The second-order valence-corrected chi connectivity index (χ2v) is 10.7. The van der Waals surface area contributed by atoms with Gasteiger partial charge in [-0.3, -0.25) is 9.59 Å². The molecule has 3 aromatic rings. The summed E-state index contributed by atoms with van der Waals surface area (Å²) >= 11 is 3.42. The number of piperidine rings is 1. The summed E-state index contributed by atoms with van der Waals surface area (Å²) in [6.07, 6.45) is 5.56. The predicted molar refractivity (Wildman–Crippen MR) is 147 cm³/mol. The van der Waals surface area contributed by atoms with Gasteiger partial charge in [-0.25, -0.2) is 4.98 Å². The lowest BCUT2D eigenvalue weighted by molar-refractivity contribution is 0.0923. The molecule has 0 saturated carbocycles. The van der Waals surface area contributed by atoms with E-state index in [1.807, 2.05) is 61.5 Å². The van der Waals surface area contributed by atoms with Gasteiger partial charge in [-0.05, 0) is 74.6 Å². The van der Waals surface area contributed by atoms with Crippen molar-refractivity contribution in [3.05, 3.63) is 87.5 Å². The molecule has 2 saturated heterocycles. The Balaban J connectivity index is 1.19. The molecule has 2 aliphatic heterocycles. The van der Waals surface area contributed by atoms with E-state index in [9.17, 15) is 9.59 Å². The van der Waals surface area contributed by atoms with Crippen LogP contribution in [0.15, 0.2) is 65.3 Å². The number of rotatable bonds is 7. The van der Waals surface area contributed by atoms with Crippen molar-refractivity contribution < 1.29 is 14.3 Å². The third-order valence-corrected chi connectivity index (χ3v) is 7.99. The average molecular weight is 563 g/mol. The molecule has 5 rings (SSSR count). The van der Waals surface area contributed by atoms with Crippen LogP contribution in [0.1, 0.15) is 57.5 Å². The molecular weight excluding hydrogens is 532 g/mol. The van der Waals surface area contributed by atoms with Crippen LogP contribution in [0.25, 0.3) is 0 Å². The fourth-order valence-electron chi connectivity index (χ4n) is 5.57. The van der Waals surface area contributed by atoms with E-state index in [1.54, 1.807) is 13.3 Å². The molecular formula is C29H31BrN4O3. The lowest BCUT2D eigenvalue weighted by atomic mass is 9.96. The molecule has 2 N–H and O–H groups in total. The molecule has 2 bridgehead atoms. The van der Waals surface area contributed by atoms with Crippen LogP contribution in [-0.2, 0) is 6.54 Å². The molecule has 2 aliphatic rings. The largest absolute Gasteiger partial charge is 0.496 e. The smallest absolute Gasteiger partial charge is 0.253 e. The van der Waals surface area contributed by atoms with Crippen molar-refractivity contribution in [3.8, 4) is 5.75 Å². The van der Waals surface area contributed by atoms with Crippen LogP contribution in [-0.4, -0.2) is 42.0 Å². The van der Waals surface area contributed by atoms with Gasteiger partial charge in [0.2, 0.25) is 0 Å². The average Bonchev–Trinajstić information content (AvgIpc) is 3.18. The third-order valence-electron chi connectivity index (χ3n) is 7.46. The fraction of sp³-hybridized carbons (Fsp3) is 0.345. The van der Waals surface area contributed by atoms with E-state index in [2.05, 4.69) is 36.4 Å². The number of carbonyl (C=O) groups is 2. The first-order valence-corrected chi connectivity index (χ1v) is 13.4. The molecule has 0 spiro atoms. The van der Waals surface area contributed by atoms with E-state index >= 15 is 0 Å². The Morgan fingerprint density at radius 3 is 2.41 bits per heavy atom. The Labute approximate surface area is 225 Å². The van der Waals surface area contributed by atoms with E-state index in [0.29, 0.717) is 29.8 Å². The van der Waals surface area contributed by atoms with Gasteiger partial charge >= 0.3 is 0 Å². The predicted octanol–water partition coefficient (Wildman–Crippen LogP) is 5.02. The van der Waals surface area contributed by atoms with Crippen LogP contribution < -0.4 is 20.3 Å². The van der Waals surface area contributed by atoms with Crippen molar-refractivity contribution in [3.63, 3.8) is 0 Å². The minimum atomic E-state index is -0.140. The zero-order valence-electron chi connectivity index (χ0n) is 21.0. The zero-order chi connectivity index (χ0) is 25.9. The molecule has 3 heterocycles. The maximum absolute atomic E-state index is 13.0. The van der Waals surface area contributed by atoms with Gasteiger partial charge in [-0.2, -0.15) is 0 Å². The SMILES string of the molecule is COc1cccc(C(=O)NC2CC3CCC(C2)N3c2ccc(C(=O)NCc3ccc(Br)cc3)cn2)c1C. The first kappa shape index (κ1) is 25.3. The van der Waals surface area contributed by atoms with E-state index in [0.717, 1.165) is 52.9 Å². The number of fused-ring (bicyclic) bond motifs is 2. The van der Waals surface area contributed by atoms with E-state index < -0.39 is 0 Å². The number of nitrogens with one attached hydrogen (secondary N) is 2. The summed E-state index contributed by atoms with van der Waals surface area (Å²) in [5.74, 6) is 1.43. The van der Waals surface area contributed by atoms with Gasteiger partial charge in [0.25, 0.3) is 11.8 Å². The maximum Gasteiger partial charge on any atom is 0.253 e. The lowest BCUT2D eigenvalue weighted by Gasteiger charge is -2.40. The van der Waals surface area contributed by atoms with Crippen molar-refractivity contribution >= 4 is 33.6 Å². The van der Waals surface area contributed by atoms with Gasteiger partial charge in [-0.15, -0.1) is 0 Å². The van der Waals surface area contributed by atoms with Crippen molar-refractivity contribution in [2.75, 3.05) is 12.0 Å². The third kappa shape index (κ3) is 5.49. The Morgan fingerprint density at radius 2 is 1.76 bits per heavy atom. The summed E-state index contributed by atoms with van der Waals surface area (Å²) in [4.78, 5) is 32.7. The number of anilines is 1. The molecule has 2 unspecified atom stereocenters. The summed E-state index contributed by atoms with van der Waals surface area (Å²) in [5, 5.41) is 6.21. The highest BCUT2D eigenvalue weighted by Crippen LogP contribution is 2.38. The Morgan fingerprint density at radius 1 is 1.03 bits per heavy atom. The quantitative estimate of drug-likeness (QED) is 0.422. The number of amides is 2. The molecule has 8 heteroatoms. The van der Waals surface area contributed by atoms with Gasteiger partial charge in [0.05, 0.1) is 12.7 Å². The minimum Gasteiger partial charge on any atom is -0.496 e. The van der Waals surface area contributed by atoms with E-state index in [1.165, 1.54) is 0 Å². The first-order valence-electron chi connectivity index (χ1n) is 12.6. The summed E-state index contributed by atoms with van der Waals surface area (Å²) in [5.41, 5.74) is 3.09. The number of carbonyl (C=O) groups excluding carboxylic acids is 2. The van der Waals surface area contributed by atoms with Crippen LogP contribution in [0, 0.1) is 6.92 Å². The molecule has 2 atom stereocenters. The Bertz CT molecular complexity index is 1270. The summed E-state index contributed by atoms with van der Waals surface area (Å²) in [6.45, 7) is 2.38. The number of nitrogens with zero attached hydrogens (tertiary/aromatic N) is 2. The number of ether oxygens (including phenoxy) is 1. The molecule has 2 fully saturated rings. The summed E-state index contributed by atoms with van der Waals surface area (Å²) < 4.78 is 6.38. The van der Waals surface area contributed by atoms with Crippen LogP contribution >= 0.6 is 15.9 Å². The van der Waals surface area contributed by atoms with Crippen molar-refractivity contribution in [2.45, 2.75) is 57.3 Å². The van der Waals surface area contributed by atoms with Crippen LogP contribution in [0.5, 0.6) is 5.75 Å². The van der Waals surface area contributed by atoms with Gasteiger partial charge in [0.1, 0.15) is 11.6 Å². The minimum absolute atomic E-state index is 0.0501. The second-order valence-electron chi connectivity index (χ2n) is 9.78. The molecule has 37 heavy (non-hydrogen) atoms. The second kappa shape index (κ2) is 10.9. The zero-order valence-corrected chi connectivity index (χ0v) is 22.6. The first-order chi connectivity index (χ1) is 17.9. The summed E-state index contributed by atoms with van der Waals surface area (Å²) in [6, 6.07) is 18.0. The standard InChI is InChI=1S/C29H31BrN4O3/c1-18-25(4-3-5-26(18)37-2)29(36)33-22-14-23-11-12-24(15-22)34(23)27-13-8-20(17-31-27)28(35)32-16-19-6-9-21(30)10-7-19/h3-10,13,17,22-24H,11-12,14-16H2,1-2H3,(H,32,35)(H,33,36). The van der Waals surface area contributed by atoms with Gasteiger partial charge in [-0.1, -0.05) is 34.1 Å². The highest BCUT2D eigenvalue weighted by molar-refractivity contribution is 9.10. The van der Waals surface area contributed by atoms with E-state index in [-0.39, 0.29) is 17.9 Å². The van der Waals surface area contributed by atoms with E-state index in [4.69, 9.17) is 4.74 Å². The van der Waals surface area contributed by atoms with Crippen molar-refractivity contribution in [2.24, 2.45) is 0 Å². The fourth-order valence-corrected chi connectivity index (χ4v) is 5.84. The number of halogens is 1.